The highest BCUT2D eigenvalue weighted by molar-refractivity contribution is 5.98. The van der Waals surface area contributed by atoms with Crippen molar-refractivity contribution in [3.05, 3.63) is 89.5 Å². The molecule has 2 N–H and O–H groups in total. The van der Waals surface area contributed by atoms with Gasteiger partial charge in [0.15, 0.2) is 0 Å². The molecule has 29 heavy (non-hydrogen) atoms. The maximum Gasteiger partial charge on any atom is 0.267 e. The molecule has 1 amide bonds. The van der Waals surface area contributed by atoms with Crippen LogP contribution in [-0.4, -0.2) is 18.0 Å². The van der Waals surface area contributed by atoms with Gasteiger partial charge in [-0.3, -0.25) is 4.79 Å². The van der Waals surface area contributed by atoms with Crippen LogP contribution in [-0.2, 0) is 24.5 Å². The number of carbonyl (C=O) groups is 1. The lowest BCUT2D eigenvalue weighted by molar-refractivity contribution is 0.0928. The Kier molecular flexibility index (Phi) is 5.63. The monoisotopic (exact) mass is 390 g/mol. The lowest BCUT2D eigenvalue weighted by atomic mass is 10.1. The topological polar surface area (TPSA) is 76.5 Å². The number of methoxy groups -OCH3 is 1. The molecule has 0 aliphatic rings. The summed E-state index contributed by atoms with van der Waals surface area (Å²) in [5.74, 6) is 1.39. The Labute approximate surface area is 168 Å². The number of nitrogens with one attached hydrogen (secondary N) is 2. The number of H-pyrrole nitrogens is 1. The fourth-order valence-corrected chi connectivity index (χ4v) is 3.13. The van der Waals surface area contributed by atoms with E-state index in [-0.39, 0.29) is 5.91 Å². The first-order valence-corrected chi connectivity index (χ1v) is 9.34. The molecule has 4 rings (SSSR count). The smallest absolute Gasteiger partial charge is 0.267 e. The molecule has 0 fully saturated rings. The number of hydrogen-bond donors (Lipinski definition) is 2. The van der Waals surface area contributed by atoms with E-state index in [1.54, 1.807) is 13.4 Å². The Morgan fingerprint density at radius 1 is 1.03 bits per heavy atom. The van der Waals surface area contributed by atoms with Gasteiger partial charge in [0.25, 0.3) is 5.91 Å². The van der Waals surface area contributed by atoms with Crippen molar-refractivity contribution in [1.82, 2.24) is 10.3 Å². The summed E-state index contributed by atoms with van der Waals surface area (Å²) < 4.78 is 16.1. The second-order valence-electron chi connectivity index (χ2n) is 6.71. The van der Waals surface area contributed by atoms with Crippen molar-refractivity contribution >= 4 is 16.8 Å². The summed E-state index contributed by atoms with van der Waals surface area (Å²) in [7, 11) is 1.62. The van der Waals surface area contributed by atoms with Gasteiger partial charge in [-0.05, 0) is 41.5 Å². The SMILES string of the molecule is COc1ccc2cc(C(=O)NCc3cccc(COCc4ccco4)c3)[nH]c2c1. The van der Waals surface area contributed by atoms with Gasteiger partial charge in [0.2, 0.25) is 0 Å². The van der Waals surface area contributed by atoms with Crippen LogP contribution in [0.4, 0.5) is 0 Å². The molecule has 6 heteroatoms. The van der Waals surface area contributed by atoms with Crippen molar-refractivity contribution in [2.75, 3.05) is 7.11 Å². The average Bonchev–Trinajstić information content (AvgIpc) is 3.41. The minimum Gasteiger partial charge on any atom is -0.497 e. The van der Waals surface area contributed by atoms with E-state index in [0.717, 1.165) is 33.5 Å². The van der Waals surface area contributed by atoms with Crippen LogP contribution in [0.1, 0.15) is 27.4 Å². The van der Waals surface area contributed by atoms with E-state index in [4.69, 9.17) is 13.9 Å². The second-order valence-corrected chi connectivity index (χ2v) is 6.71. The molecule has 148 valence electrons. The molecule has 0 saturated heterocycles. The third-order valence-electron chi connectivity index (χ3n) is 4.61. The van der Waals surface area contributed by atoms with Crippen molar-refractivity contribution in [1.29, 1.82) is 0 Å². The van der Waals surface area contributed by atoms with Crippen LogP contribution < -0.4 is 10.1 Å². The molecule has 0 aliphatic heterocycles. The van der Waals surface area contributed by atoms with E-state index >= 15 is 0 Å². The van der Waals surface area contributed by atoms with Crippen LogP contribution in [0.5, 0.6) is 5.75 Å². The number of aromatic amines is 1. The molecule has 0 saturated carbocycles. The Balaban J connectivity index is 1.34. The summed E-state index contributed by atoms with van der Waals surface area (Å²) in [6, 6.07) is 19.2. The highest BCUT2D eigenvalue weighted by atomic mass is 16.5. The first-order valence-electron chi connectivity index (χ1n) is 9.34. The average molecular weight is 390 g/mol. The molecule has 0 aliphatic carbocycles. The summed E-state index contributed by atoms with van der Waals surface area (Å²) in [5.41, 5.74) is 3.44. The molecule has 4 aromatic rings. The number of benzene rings is 2. The van der Waals surface area contributed by atoms with Crippen LogP contribution in [0, 0.1) is 0 Å². The highest BCUT2D eigenvalue weighted by Gasteiger charge is 2.10. The summed E-state index contributed by atoms with van der Waals surface area (Å²) in [6.45, 7) is 1.34. The Bertz CT molecular complexity index is 1100. The Morgan fingerprint density at radius 2 is 1.93 bits per heavy atom. The number of rotatable bonds is 8. The van der Waals surface area contributed by atoms with E-state index in [1.807, 2.05) is 60.7 Å². The third-order valence-corrected chi connectivity index (χ3v) is 4.61. The van der Waals surface area contributed by atoms with Gasteiger partial charge in [-0.15, -0.1) is 0 Å². The fraction of sp³-hybridized carbons (Fsp3) is 0.174. The summed E-state index contributed by atoms with van der Waals surface area (Å²) in [5, 5.41) is 3.92. The molecule has 0 radical (unpaired) electrons. The van der Waals surface area contributed by atoms with Gasteiger partial charge in [0, 0.05) is 23.5 Å². The number of hydrogen-bond acceptors (Lipinski definition) is 4. The van der Waals surface area contributed by atoms with Gasteiger partial charge >= 0.3 is 0 Å². The molecule has 0 spiro atoms. The van der Waals surface area contributed by atoms with E-state index in [2.05, 4.69) is 10.3 Å². The summed E-state index contributed by atoms with van der Waals surface area (Å²) in [6.07, 6.45) is 1.63. The van der Waals surface area contributed by atoms with Crippen molar-refractivity contribution in [2.24, 2.45) is 0 Å². The number of ether oxygens (including phenoxy) is 2. The molecule has 2 aromatic heterocycles. The predicted octanol–water partition coefficient (Wildman–Crippen LogP) is 4.42. The number of furan rings is 1. The van der Waals surface area contributed by atoms with Gasteiger partial charge in [0.1, 0.15) is 23.8 Å². The maximum atomic E-state index is 12.5. The van der Waals surface area contributed by atoms with Crippen LogP contribution in [0.2, 0.25) is 0 Å². The van der Waals surface area contributed by atoms with E-state index < -0.39 is 0 Å². The van der Waals surface area contributed by atoms with Crippen molar-refractivity contribution in [3.8, 4) is 5.75 Å². The number of aromatic nitrogens is 1. The van der Waals surface area contributed by atoms with Gasteiger partial charge < -0.3 is 24.2 Å². The minimum absolute atomic E-state index is 0.153. The van der Waals surface area contributed by atoms with Gasteiger partial charge in [-0.1, -0.05) is 24.3 Å². The summed E-state index contributed by atoms with van der Waals surface area (Å²) in [4.78, 5) is 15.7. The summed E-state index contributed by atoms with van der Waals surface area (Å²) >= 11 is 0. The van der Waals surface area contributed by atoms with Crippen LogP contribution in [0.3, 0.4) is 0 Å². The predicted molar refractivity (Wildman–Crippen MR) is 110 cm³/mol. The van der Waals surface area contributed by atoms with Gasteiger partial charge in [0.05, 0.1) is 20.0 Å². The molecule has 0 unspecified atom stereocenters. The Morgan fingerprint density at radius 3 is 2.76 bits per heavy atom. The maximum absolute atomic E-state index is 12.5. The first kappa shape index (κ1) is 18.8. The second kappa shape index (κ2) is 8.67. The van der Waals surface area contributed by atoms with Crippen molar-refractivity contribution < 1.29 is 18.7 Å². The highest BCUT2D eigenvalue weighted by Crippen LogP contribution is 2.21. The molecule has 6 nitrogen and oxygen atoms in total. The zero-order chi connectivity index (χ0) is 20.1. The van der Waals surface area contributed by atoms with E-state index in [9.17, 15) is 4.79 Å². The van der Waals surface area contributed by atoms with Gasteiger partial charge in [-0.2, -0.15) is 0 Å². The molecular formula is C23H22N2O4. The lowest BCUT2D eigenvalue weighted by Gasteiger charge is -2.07. The van der Waals surface area contributed by atoms with Crippen molar-refractivity contribution in [2.45, 2.75) is 19.8 Å². The van der Waals surface area contributed by atoms with Crippen LogP contribution in [0.15, 0.2) is 71.3 Å². The number of fused-ring (bicyclic) bond motifs is 1. The van der Waals surface area contributed by atoms with Crippen LogP contribution >= 0.6 is 0 Å². The third kappa shape index (κ3) is 4.67. The molecule has 2 heterocycles. The number of carbonyl (C=O) groups excluding carboxylic acids is 1. The zero-order valence-corrected chi connectivity index (χ0v) is 16.1. The zero-order valence-electron chi connectivity index (χ0n) is 16.1. The molecule has 0 bridgehead atoms. The number of amides is 1. The van der Waals surface area contributed by atoms with E-state index in [0.29, 0.717) is 25.5 Å². The lowest BCUT2D eigenvalue weighted by Crippen LogP contribution is -2.23. The molecule has 0 atom stereocenters. The molecule has 2 aromatic carbocycles. The normalized spacial score (nSPS) is 10.9. The van der Waals surface area contributed by atoms with E-state index in [1.165, 1.54) is 0 Å². The molecular weight excluding hydrogens is 368 g/mol. The minimum atomic E-state index is -0.153. The fourth-order valence-electron chi connectivity index (χ4n) is 3.13. The largest absolute Gasteiger partial charge is 0.497 e. The Hall–Kier alpha value is -3.51. The van der Waals surface area contributed by atoms with Crippen molar-refractivity contribution in [3.63, 3.8) is 0 Å². The van der Waals surface area contributed by atoms with Gasteiger partial charge in [-0.25, -0.2) is 0 Å². The quantitative estimate of drug-likeness (QED) is 0.467. The standard InChI is InChI=1S/C23H22N2O4/c1-27-19-8-7-18-11-22(25-21(18)12-19)23(26)24-13-16-4-2-5-17(10-16)14-28-15-20-6-3-9-29-20/h2-12,25H,13-15H2,1H3,(H,24,26). The van der Waals surface area contributed by atoms with Crippen LogP contribution in [0.25, 0.3) is 10.9 Å². The first-order chi connectivity index (χ1) is 14.2.